The molecule has 25 heavy (non-hydrogen) atoms. The van der Waals surface area contributed by atoms with Crippen LogP contribution in [0.15, 0.2) is 30.3 Å². The Balaban J connectivity index is 1.24. The predicted octanol–water partition coefficient (Wildman–Crippen LogP) is 2.59. The smallest absolute Gasteiger partial charge is 0.317 e. The van der Waals surface area contributed by atoms with E-state index in [1.807, 2.05) is 15.9 Å². The molecule has 2 heterocycles. The second kappa shape index (κ2) is 7.06. The van der Waals surface area contributed by atoms with Gasteiger partial charge in [0, 0.05) is 44.1 Å². The van der Waals surface area contributed by atoms with Crippen molar-refractivity contribution in [3.05, 3.63) is 35.9 Å². The third kappa shape index (κ3) is 3.80. The zero-order valence-corrected chi connectivity index (χ0v) is 14.7. The zero-order chi connectivity index (χ0) is 17.2. The molecule has 1 aromatic rings. The summed E-state index contributed by atoms with van der Waals surface area (Å²) in [4.78, 5) is 28.6. The number of amides is 3. The highest BCUT2D eigenvalue weighted by Gasteiger charge is 2.35. The van der Waals surface area contributed by atoms with Gasteiger partial charge < -0.3 is 15.1 Å². The third-order valence-electron chi connectivity index (χ3n) is 5.81. The van der Waals surface area contributed by atoms with Crippen LogP contribution in [0.25, 0.3) is 0 Å². The molecule has 0 bridgehead atoms. The van der Waals surface area contributed by atoms with Crippen LogP contribution in [-0.2, 0) is 4.79 Å². The Bertz CT molecular complexity index is 621. The van der Waals surface area contributed by atoms with Crippen molar-refractivity contribution in [2.45, 2.75) is 44.1 Å². The van der Waals surface area contributed by atoms with Gasteiger partial charge in [-0.15, -0.1) is 0 Å². The van der Waals surface area contributed by atoms with Gasteiger partial charge in [-0.2, -0.15) is 0 Å². The van der Waals surface area contributed by atoms with Crippen LogP contribution in [0, 0.1) is 5.92 Å². The summed E-state index contributed by atoms with van der Waals surface area (Å²) in [7, 11) is 0. The van der Waals surface area contributed by atoms with Crippen LogP contribution in [-0.4, -0.2) is 54.0 Å². The first-order valence-electron chi connectivity index (χ1n) is 9.60. The van der Waals surface area contributed by atoms with E-state index in [1.54, 1.807) is 0 Å². The maximum Gasteiger partial charge on any atom is 0.317 e. The first-order valence-corrected chi connectivity index (χ1v) is 9.60. The summed E-state index contributed by atoms with van der Waals surface area (Å²) in [6.45, 7) is 3.19. The summed E-state index contributed by atoms with van der Waals surface area (Å²) in [5.74, 6) is 1.07. The summed E-state index contributed by atoms with van der Waals surface area (Å²) < 4.78 is 0. The van der Waals surface area contributed by atoms with E-state index < -0.39 is 0 Å². The number of urea groups is 1. The van der Waals surface area contributed by atoms with E-state index in [9.17, 15) is 9.59 Å². The molecule has 1 N–H and O–H groups in total. The van der Waals surface area contributed by atoms with Gasteiger partial charge in [-0.1, -0.05) is 30.3 Å². The monoisotopic (exact) mass is 341 g/mol. The van der Waals surface area contributed by atoms with E-state index in [0.717, 1.165) is 58.3 Å². The summed E-state index contributed by atoms with van der Waals surface area (Å²) in [6, 6.07) is 10.7. The predicted molar refractivity (Wildman–Crippen MR) is 96.2 cm³/mol. The van der Waals surface area contributed by atoms with Crippen LogP contribution in [0.5, 0.6) is 0 Å². The lowest BCUT2D eigenvalue weighted by Gasteiger charge is -2.33. The first kappa shape index (κ1) is 16.4. The minimum atomic E-state index is 0.0606. The van der Waals surface area contributed by atoms with Crippen molar-refractivity contribution in [3.8, 4) is 0 Å². The SMILES string of the molecule is O=C(NC1CCN(C(=O)C2CC2)CC1)N1CCC(c2ccccc2)C1. The summed E-state index contributed by atoms with van der Waals surface area (Å²) >= 11 is 0. The second-order valence-corrected chi connectivity index (χ2v) is 7.67. The van der Waals surface area contributed by atoms with Crippen molar-refractivity contribution in [2.75, 3.05) is 26.2 Å². The number of nitrogens with zero attached hydrogens (tertiary/aromatic N) is 2. The largest absolute Gasteiger partial charge is 0.342 e. The molecule has 4 rings (SSSR count). The van der Waals surface area contributed by atoms with Gasteiger partial charge in [0.15, 0.2) is 0 Å². The van der Waals surface area contributed by atoms with Crippen molar-refractivity contribution < 1.29 is 9.59 Å². The van der Waals surface area contributed by atoms with Crippen LogP contribution in [0.2, 0.25) is 0 Å². The average Bonchev–Trinajstić information content (AvgIpc) is 3.38. The van der Waals surface area contributed by atoms with Gasteiger partial charge in [-0.05, 0) is 37.7 Å². The third-order valence-corrected chi connectivity index (χ3v) is 5.81. The Morgan fingerprint density at radius 2 is 1.56 bits per heavy atom. The molecule has 3 amide bonds. The number of hydrogen-bond acceptors (Lipinski definition) is 2. The highest BCUT2D eigenvalue weighted by atomic mass is 16.2. The number of hydrogen-bond donors (Lipinski definition) is 1. The van der Waals surface area contributed by atoms with Crippen molar-refractivity contribution in [1.29, 1.82) is 0 Å². The number of likely N-dealkylation sites (tertiary alicyclic amines) is 2. The van der Waals surface area contributed by atoms with Gasteiger partial charge in [0.25, 0.3) is 0 Å². The van der Waals surface area contributed by atoms with E-state index in [2.05, 4.69) is 29.6 Å². The van der Waals surface area contributed by atoms with Crippen LogP contribution >= 0.6 is 0 Å². The molecule has 0 aromatic heterocycles. The molecule has 1 atom stereocenters. The molecule has 0 spiro atoms. The highest BCUT2D eigenvalue weighted by molar-refractivity contribution is 5.81. The quantitative estimate of drug-likeness (QED) is 0.919. The minimum Gasteiger partial charge on any atom is -0.342 e. The van der Waals surface area contributed by atoms with E-state index >= 15 is 0 Å². The maximum absolute atomic E-state index is 12.6. The molecule has 5 nitrogen and oxygen atoms in total. The van der Waals surface area contributed by atoms with Gasteiger partial charge in [0.05, 0.1) is 0 Å². The fourth-order valence-corrected chi connectivity index (χ4v) is 4.04. The van der Waals surface area contributed by atoms with Crippen molar-refractivity contribution in [3.63, 3.8) is 0 Å². The fourth-order valence-electron chi connectivity index (χ4n) is 4.04. The number of rotatable bonds is 3. The molecule has 2 saturated heterocycles. The van der Waals surface area contributed by atoms with E-state index in [-0.39, 0.29) is 12.1 Å². The molecule has 5 heteroatoms. The number of carbonyl (C=O) groups is 2. The maximum atomic E-state index is 12.6. The molecule has 1 aromatic carbocycles. The average molecular weight is 341 g/mol. The molecule has 0 radical (unpaired) electrons. The fraction of sp³-hybridized carbons (Fsp3) is 0.600. The first-order chi connectivity index (χ1) is 12.2. The summed E-state index contributed by atoms with van der Waals surface area (Å²) in [5, 5.41) is 3.19. The number of piperidine rings is 1. The highest BCUT2D eigenvalue weighted by Crippen LogP contribution is 2.32. The van der Waals surface area contributed by atoms with Gasteiger partial charge in [0.2, 0.25) is 5.91 Å². The van der Waals surface area contributed by atoms with Crippen LogP contribution in [0.1, 0.15) is 43.6 Å². The zero-order valence-electron chi connectivity index (χ0n) is 14.7. The molecule has 3 aliphatic rings. The minimum absolute atomic E-state index is 0.0606. The summed E-state index contributed by atoms with van der Waals surface area (Å²) in [6.07, 6.45) is 4.91. The standard InChI is InChI=1S/C20H27N3O2/c24-19(16-6-7-16)22-12-9-18(10-13-22)21-20(25)23-11-8-17(14-23)15-4-2-1-3-5-15/h1-5,16-18H,6-14H2,(H,21,25). The van der Waals surface area contributed by atoms with Gasteiger partial charge >= 0.3 is 6.03 Å². The molecule has 2 aliphatic heterocycles. The van der Waals surface area contributed by atoms with E-state index in [0.29, 0.717) is 17.7 Å². The topological polar surface area (TPSA) is 52.7 Å². The van der Waals surface area contributed by atoms with Gasteiger partial charge in [-0.25, -0.2) is 4.79 Å². The van der Waals surface area contributed by atoms with Gasteiger partial charge in [0.1, 0.15) is 0 Å². The van der Waals surface area contributed by atoms with E-state index in [1.165, 1.54) is 5.56 Å². The second-order valence-electron chi connectivity index (χ2n) is 7.67. The van der Waals surface area contributed by atoms with Crippen molar-refractivity contribution in [1.82, 2.24) is 15.1 Å². The van der Waals surface area contributed by atoms with Crippen LogP contribution in [0.3, 0.4) is 0 Å². The van der Waals surface area contributed by atoms with Crippen LogP contribution in [0.4, 0.5) is 4.79 Å². The Morgan fingerprint density at radius 1 is 0.880 bits per heavy atom. The number of carbonyl (C=O) groups excluding carboxylic acids is 2. The molecule has 1 unspecified atom stereocenters. The summed E-state index contributed by atoms with van der Waals surface area (Å²) in [5.41, 5.74) is 1.32. The molecule has 1 aliphatic carbocycles. The molecular weight excluding hydrogens is 314 g/mol. The Labute approximate surface area is 149 Å². The molecular formula is C20H27N3O2. The Hall–Kier alpha value is -2.04. The lowest BCUT2D eigenvalue weighted by atomic mass is 9.99. The lowest BCUT2D eigenvalue weighted by Crippen LogP contribution is -2.50. The number of nitrogens with one attached hydrogen (secondary N) is 1. The molecule has 1 saturated carbocycles. The van der Waals surface area contributed by atoms with E-state index in [4.69, 9.17) is 0 Å². The van der Waals surface area contributed by atoms with Crippen LogP contribution < -0.4 is 5.32 Å². The van der Waals surface area contributed by atoms with Gasteiger partial charge in [-0.3, -0.25) is 4.79 Å². The lowest BCUT2D eigenvalue weighted by molar-refractivity contribution is -0.133. The normalized spacial score (nSPS) is 24.4. The molecule has 134 valence electrons. The Morgan fingerprint density at radius 3 is 2.24 bits per heavy atom. The van der Waals surface area contributed by atoms with Crippen molar-refractivity contribution >= 4 is 11.9 Å². The number of benzene rings is 1. The Kier molecular flexibility index (Phi) is 4.64. The van der Waals surface area contributed by atoms with Crippen molar-refractivity contribution in [2.24, 2.45) is 5.92 Å². The molecule has 3 fully saturated rings.